The number of thiocarbonyl (C=S) groups is 1. The van der Waals surface area contributed by atoms with Gasteiger partial charge in [-0.05, 0) is 24.4 Å². The fourth-order valence-electron chi connectivity index (χ4n) is 0.740. The molecule has 0 heterocycles. The predicted molar refractivity (Wildman–Crippen MR) is 48.4 cm³/mol. The van der Waals surface area contributed by atoms with Crippen LogP contribution in [0.2, 0.25) is 0 Å². The van der Waals surface area contributed by atoms with Crippen LogP contribution >= 0.6 is 23.8 Å². The van der Waals surface area contributed by atoms with Gasteiger partial charge >= 0.3 is 0 Å². The molecule has 0 saturated carbocycles. The summed E-state index contributed by atoms with van der Waals surface area (Å²) in [7, 11) is 0. The van der Waals surface area contributed by atoms with E-state index in [9.17, 15) is 13.2 Å². The minimum atomic E-state index is -1.34. The van der Waals surface area contributed by atoms with Crippen molar-refractivity contribution in [3.8, 4) is 0 Å². The van der Waals surface area contributed by atoms with E-state index in [1.165, 1.54) is 0 Å². The van der Waals surface area contributed by atoms with E-state index in [0.29, 0.717) is 6.07 Å². The quantitative estimate of drug-likeness (QED) is 0.341. The molecule has 0 bridgehead atoms. The molecule has 0 aliphatic rings. The van der Waals surface area contributed by atoms with Gasteiger partial charge in [-0.25, -0.2) is 13.2 Å². The van der Waals surface area contributed by atoms with Crippen LogP contribution in [0.1, 0.15) is 0 Å². The summed E-state index contributed by atoms with van der Waals surface area (Å²) in [6.45, 7) is 0. The molecule has 0 saturated heterocycles. The van der Waals surface area contributed by atoms with Gasteiger partial charge in [0.05, 0.1) is 0 Å². The van der Waals surface area contributed by atoms with E-state index in [2.05, 4.69) is 12.2 Å². The molecular weight excluding hydrogens is 223 g/mol. The Bertz CT molecular complexity index is 356. The maximum atomic E-state index is 12.8. The second-order valence-corrected chi connectivity index (χ2v) is 3.13. The van der Waals surface area contributed by atoms with Gasteiger partial charge in [-0.15, -0.1) is 0 Å². The van der Waals surface area contributed by atoms with Crippen LogP contribution in [0.25, 0.3) is 0 Å². The van der Waals surface area contributed by atoms with Crippen LogP contribution in [-0.2, 0) is 0 Å². The Hall–Kier alpha value is -0.810. The third-order valence-electron chi connectivity index (χ3n) is 1.27. The highest BCUT2D eigenvalue weighted by Crippen LogP contribution is 2.21. The molecule has 13 heavy (non-hydrogen) atoms. The van der Waals surface area contributed by atoms with Crippen LogP contribution in [0.15, 0.2) is 12.1 Å². The van der Waals surface area contributed by atoms with Gasteiger partial charge in [-0.2, -0.15) is 0 Å². The minimum Gasteiger partial charge on any atom is -0.332 e. The van der Waals surface area contributed by atoms with E-state index in [0.717, 1.165) is 6.07 Å². The zero-order valence-corrected chi connectivity index (χ0v) is 7.65. The Balaban J connectivity index is 3.17. The third-order valence-corrected chi connectivity index (χ3v) is 1.46. The van der Waals surface area contributed by atoms with Crippen molar-refractivity contribution in [2.24, 2.45) is 0 Å². The Kier molecular flexibility index (Phi) is 3.11. The molecule has 1 rings (SSSR count). The Labute approximate surface area is 82.5 Å². The van der Waals surface area contributed by atoms with Crippen LogP contribution in [0.3, 0.4) is 0 Å². The van der Waals surface area contributed by atoms with Gasteiger partial charge in [0.15, 0.2) is 16.1 Å². The van der Waals surface area contributed by atoms with E-state index >= 15 is 0 Å². The standard InChI is InChI=1S/C7H3ClF3NS/c8-7(13)12-6-4(10)2-1-3(9)5(6)11/h1-2H,(H,12,13). The van der Waals surface area contributed by atoms with Crippen LogP contribution in [0.4, 0.5) is 18.9 Å². The zero-order valence-electron chi connectivity index (χ0n) is 6.07. The summed E-state index contributed by atoms with van der Waals surface area (Å²) in [5, 5.41) is 1.99. The number of benzene rings is 1. The first-order valence-corrected chi connectivity index (χ1v) is 3.91. The number of rotatable bonds is 1. The monoisotopic (exact) mass is 225 g/mol. The van der Waals surface area contributed by atoms with E-state index < -0.39 is 23.1 Å². The van der Waals surface area contributed by atoms with Crippen molar-refractivity contribution < 1.29 is 13.2 Å². The summed E-state index contributed by atoms with van der Waals surface area (Å²) in [5.41, 5.74) is -0.681. The lowest BCUT2D eigenvalue weighted by atomic mass is 10.3. The highest BCUT2D eigenvalue weighted by atomic mass is 35.5. The number of hydrogen-bond donors (Lipinski definition) is 1. The fourth-order valence-corrected chi connectivity index (χ4v) is 0.936. The highest BCUT2D eigenvalue weighted by molar-refractivity contribution is 7.83. The van der Waals surface area contributed by atoms with E-state index in [1.807, 2.05) is 5.32 Å². The topological polar surface area (TPSA) is 12.0 Å². The maximum absolute atomic E-state index is 12.8. The van der Waals surface area contributed by atoms with Gasteiger partial charge in [0.2, 0.25) is 0 Å². The molecule has 0 radical (unpaired) electrons. The molecule has 1 aromatic carbocycles. The van der Waals surface area contributed by atoms with Crippen molar-refractivity contribution in [3.63, 3.8) is 0 Å². The largest absolute Gasteiger partial charge is 0.332 e. The van der Waals surface area contributed by atoms with E-state index in [-0.39, 0.29) is 4.45 Å². The molecule has 70 valence electrons. The van der Waals surface area contributed by atoms with E-state index in [4.69, 9.17) is 11.6 Å². The summed E-state index contributed by atoms with van der Waals surface area (Å²) < 4.78 is 37.8. The highest BCUT2D eigenvalue weighted by Gasteiger charge is 2.13. The lowest BCUT2D eigenvalue weighted by molar-refractivity contribution is 0.500. The molecule has 0 amide bonds. The maximum Gasteiger partial charge on any atom is 0.185 e. The Morgan fingerprint density at radius 3 is 2.31 bits per heavy atom. The molecule has 0 aliphatic carbocycles. The second-order valence-electron chi connectivity index (χ2n) is 2.12. The van der Waals surface area contributed by atoms with Crippen molar-refractivity contribution in [2.75, 3.05) is 5.32 Å². The number of nitrogens with one attached hydrogen (secondary N) is 1. The lowest BCUT2D eigenvalue weighted by Crippen LogP contribution is -2.06. The summed E-state index contributed by atoms with van der Waals surface area (Å²) in [6.07, 6.45) is 0. The normalized spacial score (nSPS) is 9.85. The molecule has 0 fully saturated rings. The van der Waals surface area contributed by atoms with Crippen LogP contribution in [0, 0.1) is 17.5 Å². The van der Waals surface area contributed by atoms with Crippen molar-refractivity contribution >= 4 is 34.0 Å². The van der Waals surface area contributed by atoms with Crippen LogP contribution in [-0.4, -0.2) is 4.45 Å². The molecule has 1 N–H and O–H groups in total. The molecular formula is C7H3ClF3NS. The van der Waals surface area contributed by atoms with Gasteiger partial charge in [0.25, 0.3) is 0 Å². The number of halogens is 4. The van der Waals surface area contributed by atoms with Crippen LogP contribution in [0.5, 0.6) is 0 Å². The first-order chi connectivity index (χ1) is 6.02. The Morgan fingerprint density at radius 2 is 1.77 bits per heavy atom. The molecule has 0 aliphatic heterocycles. The third kappa shape index (κ3) is 2.32. The summed E-state index contributed by atoms with van der Waals surface area (Å²) in [4.78, 5) is 0. The van der Waals surface area contributed by atoms with Crippen molar-refractivity contribution in [2.45, 2.75) is 0 Å². The smallest absolute Gasteiger partial charge is 0.185 e. The van der Waals surface area contributed by atoms with E-state index in [1.54, 1.807) is 0 Å². The molecule has 1 aromatic rings. The van der Waals surface area contributed by atoms with Crippen molar-refractivity contribution in [1.29, 1.82) is 0 Å². The van der Waals surface area contributed by atoms with Crippen molar-refractivity contribution in [1.82, 2.24) is 0 Å². The minimum absolute atomic E-state index is 0.358. The fraction of sp³-hybridized carbons (Fsp3) is 0. The molecule has 0 aromatic heterocycles. The average Bonchev–Trinajstić information content (AvgIpc) is 2.05. The van der Waals surface area contributed by atoms with Crippen molar-refractivity contribution in [3.05, 3.63) is 29.6 Å². The van der Waals surface area contributed by atoms with Gasteiger partial charge in [0, 0.05) is 0 Å². The molecule has 0 atom stereocenters. The van der Waals surface area contributed by atoms with Crippen LogP contribution < -0.4 is 5.32 Å². The molecule has 0 spiro atoms. The second kappa shape index (κ2) is 3.93. The number of anilines is 1. The van der Waals surface area contributed by atoms with Gasteiger partial charge in [0.1, 0.15) is 11.5 Å². The SMILES string of the molecule is Fc1ccc(F)c(NC(=S)Cl)c1F. The first kappa shape index (κ1) is 10.3. The molecule has 0 unspecified atom stereocenters. The summed E-state index contributed by atoms with van der Waals surface area (Å²) >= 11 is 9.51. The summed E-state index contributed by atoms with van der Waals surface area (Å²) in [6, 6.07) is 1.45. The van der Waals surface area contributed by atoms with Gasteiger partial charge < -0.3 is 5.32 Å². The lowest BCUT2D eigenvalue weighted by Gasteiger charge is -2.05. The molecule has 1 nitrogen and oxygen atoms in total. The number of hydrogen-bond acceptors (Lipinski definition) is 1. The van der Waals surface area contributed by atoms with Gasteiger partial charge in [-0.3, -0.25) is 0 Å². The predicted octanol–water partition coefficient (Wildman–Crippen LogP) is 3.04. The first-order valence-electron chi connectivity index (χ1n) is 3.12. The summed E-state index contributed by atoms with van der Waals surface area (Å²) in [5.74, 6) is -3.47. The van der Waals surface area contributed by atoms with Gasteiger partial charge in [-0.1, -0.05) is 11.6 Å². The molecule has 6 heteroatoms. The average molecular weight is 226 g/mol. The Morgan fingerprint density at radius 1 is 1.23 bits per heavy atom. The zero-order chi connectivity index (χ0) is 10.0.